The lowest BCUT2D eigenvalue weighted by molar-refractivity contribution is -0.148. The van der Waals surface area contributed by atoms with E-state index in [4.69, 9.17) is 5.11 Å². The number of carboxylic acid groups (broad SMARTS) is 1. The molecule has 3 nitrogen and oxygen atoms in total. The molecule has 0 aromatic heterocycles. The molecule has 0 amide bonds. The lowest BCUT2D eigenvalue weighted by Gasteiger charge is -2.22. The van der Waals surface area contributed by atoms with Crippen molar-refractivity contribution in [3.8, 4) is 0 Å². The van der Waals surface area contributed by atoms with E-state index in [1.807, 2.05) is 0 Å². The van der Waals surface area contributed by atoms with E-state index in [0.717, 1.165) is 4.47 Å². The van der Waals surface area contributed by atoms with Crippen molar-refractivity contribution in [1.82, 2.24) is 0 Å². The highest BCUT2D eigenvalue weighted by Crippen LogP contribution is 2.29. The van der Waals surface area contributed by atoms with Gasteiger partial charge in [-0.3, -0.25) is 4.79 Å². The smallest absolute Gasteiger partial charge is 0.309 e. The van der Waals surface area contributed by atoms with Gasteiger partial charge in [-0.1, -0.05) is 41.9 Å². The van der Waals surface area contributed by atoms with Gasteiger partial charge in [0, 0.05) is 4.47 Å². The molecule has 0 aliphatic carbocycles. The van der Waals surface area contributed by atoms with E-state index in [-0.39, 0.29) is 5.92 Å². The zero-order valence-corrected chi connectivity index (χ0v) is 10.8. The number of aliphatic hydroxyl groups is 1. The molecule has 16 heavy (non-hydrogen) atoms. The Labute approximate surface area is 103 Å². The van der Waals surface area contributed by atoms with E-state index in [1.165, 1.54) is 0 Å². The molecule has 1 rings (SSSR count). The van der Waals surface area contributed by atoms with Crippen LogP contribution in [0.5, 0.6) is 0 Å². The second-order valence-corrected chi connectivity index (χ2v) is 5.02. The Kier molecular flexibility index (Phi) is 4.50. The van der Waals surface area contributed by atoms with Gasteiger partial charge < -0.3 is 10.2 Å². The van der Waals surface area contributed by atoms with Crippen molar-refractivity contribution in [2.75, 3.05) is 0 Å². The summed E-state index contributed by atoms with van der Waals surface area (Å²) in [5.41, 5.74) is 0.629. The summed E-state index contributed by atoms with van der Waals surface area (Å²) in [7, 11) is 0. The maximum absolute atomic E-state index is 11.1. The maximum Gasteiger partial charge on any atom is 0.309 e. The van der Waals surface area contributed by atoms with Crippen LogP contribution < -0.4 is 0 Å². The Hall–Kier alpha value is -0.870. The van der Waals surface area contributed by atoms with Gasteiger partial charge in [0.1, 0.15) is 0 Å². The lowest BCUT2D eigenvalue weighted by Crippen LogP contribution is -2.26. The number of carbonyl (C=O) groups is 1. The molecule has 0 bridgehead atoms. The van der Waals surface area contributed by atoms with Crippen LogP contribution in [0.25, 0.3) is 0 Å². The number of halogens is 1. The maximum atomic E-state index is 11.1. The van der Waals surface area contributed by atoms with Crippen molar-refractivity contribution in [2.24, 2.45) is 11.8 Å². The third-order valence-corrected chi connectivity index (χ3v) is 3.08. The number of hydrogen-bond acceptors (Lipinski definition) is 2. The molecule has 4 heteroatoms. The van der Waals surface area contributed by atoms with Crippen LogP contribution in [0.3, 0.4) is 0 Å². The first kappa shape index (κ1) is 13.2. The van der Waals surface area contributed by atoms with Gasteiger partial charge in [0.25, 0.3) is 0 Å². The molecule has 2 N–H and O–H groups in total. The van der Waals surface area contributed by atoms with Crippen molar-refractivity contribution < 1.29 is 15.0 Å². The molecule has 0 aliphatic rings. The summed E-state index contributed by atoms with van der Waals surface area (Å²) in [6.07, 6.45) is -0.967. The van der Waals surface area contributed by atoms with Gasteiger partial charge in [-0.2, -0.15) is 0 Å². The monoisotopic (exact) mass is 286 g/mol. The number of rotatable bonds is 4. The normalized spacial score (nSPS) is 14.8. The molecule has 1 aromatic rings. The van der Waals surface area contributed by atoms with Gasteiger partial charge in [-0.05, 0) is 23.6 Å². The summed E-state index contributed by atoms with van der Waals surface area (Å²) in [5.74, 6) is -1.86. The van der Waals surface area contributed by atoms with Crippen LogP contribution in [-0.2, 0) is 4.79 Å². The van der Waals surface area contributed by atoms with Crippen LogP contribution >= 0.6 is 15.9 Å². The van der Waals surface area contributed by atoms with Crippen LogP contribution in [0.15, 0.2) is 28.7 Å². The van der Waals surface area contributed by atoms with E-state index in [2.05, 4.69) is 15.9 Å². The zero-order valence-electron chi connectivity index (χ0n) is 9.22. The molecule has 2 atom stereocenters. The Morgan fingerprint density at radius 3 is 2.12 bits per heavy atom. The molecule has 0 saturated carbocycles. The molecule has 0 radical (unpaired) electrons. The minimum Gasteiger partial charge on any atom is -0.481 e. The number of aliphatic carboxylic acids is 1. The first-order valence-corrected chi connectivity index (χ1v) is 5.89. The molecule has 0 saturated heterocycles. The van der Waals surface area contributed by atoms with E-state index in [0.29, 0.717) is 5.56 Å². The minimum atomic E-state index is -0.967. The van der Waals surface area contributed by atoms with Crippen molar-refractivity contribution in [2.45, 2.75) is 20.0 Å². The predicted molar refractivity (Wildman–Crippen MR) is 65.1 cm³/mol. The minimum absolute atomic E-state index is 0.115. The molecule has 0 spiro atoms. The van der Waals surface area contributed by atoms with Gasteiger partial charge in [-0.25, -0.2) is 0 Å². The van der Waals surface area contributed by atoms with E-state index < -0.39 is 18.0 Å². The second kappa shape index (κ2) is 5.46. The lowest BCUT2D eigenvalue weighted by atomic mass is 9.87. The van der Waals surface area contributed by atoms with Gasteiger partial charge in [0.05, 0.1) is 12.0 Å². The van der Waals surface area contributed by atoms with Gasteiger partial charge in [0.15, 0.2) is 0 Å². The van der Waals surface area contributed by atoms with Crippen molar-refractivity contribution >= 4 is 21.9 Å². The second-order valence-electron chi connectivity index (χ2n) is 4.10. The van der Waals surface area contributed by atoms with Gasteiger partial charge in [-0.15, -0.1) is 0 Å². The molecule has 2 unspecified atom stereocenters. The topological polar surface area (TPSA) is 57.5 Å². The van der Waals surface area contributed by atoms with Crippen LogP contribution in [0.1, 0.15) is 25.5 Å². The molecule has 88 valence electrons. The van der Waals surface area contributed by atoms with Crippen LogP contribution in [0.4, 0.5) is 0 Å². The van der Waals surface area contributed by atoms with Gasteiger partial charge in [0.2, 0.25) is 0 Å². The highest BCUT2D eigenvalue weighted by Gasteiger charge is 2.30. The summed E-state index contributed by atoms with van der Waals surface area (Å²) in [6.45, 7) is 3.59. The third kappa shape index (κ3) is 3.06. The Bertz CT molecular complexity index is 359. The average Bonchev–Trinajstić information content (AvgIpc) is 2.17. The highest BCUT2D eigenvalue weighted by atomic mass is 79.9. The van der Waals surface area contributed by atoms with E-state index >= 15 is 0 Å². The predicted octanol–water partition coefficient (Wildman–Crippen LogP) is 2.84. The summed E-state index contributed by atoms with van der Waals surface area (Å²) < 4.78 is 0.903. The van der Waals surface area contributed by atoms with Crippen LogP contribution in [-0.4, -0.2) is 16.2 Å². The molecule has 0 aliphatic heterocycles. The number of hydrogen-bond donors (Lipinski definition) is 2. The molecule has 0 fully saturated rings. The average molecular weight is 287 g/mol. The van der Waals surface area contributed by atoms with E-state index in [9.17, 15) is 9.90 Å². The molecular formula is C12H15BrO3. The Morgan fingerprint density at radius 2 is 1.75 bits per heavy atom. The molecule has 0 heterocycles. The van der Waals surface area contributed by atoms with Crippen LogP contribution in [0, 0.1) is 11.8 Å². The third-order valence-electron chi connectivity index (χ3n) is 2.56. The fourth-order valence-corrected chi connectivity index (χ4v) is 1.92. The fourth-order valence-electron chi connectivity index (χ4n) is 1.65. The van der Waals surface area contributed by atoms with Crippen LogP contribution in [0.2, 0.25) is 0 Å². The fraction of sp³-hybridized carbons (Fsp3) is 0.417. The number of aliphatic hydroxyl groups excluding tert-OH is 1. The summed E-state index contributed by atoms with van der Waals surface area (Å²) in [4.78, 5) is 11.1. The Morgan fingerprint density at radius 1 is 1.25 bits per heavy atom. The number of carboxylic acids is 1. The highest BCUT2D eigenvalue weighted by molar-refractivity contribution is 9.10. The van der Waals surface area contributed by atoms with E-state index in [1.54, 1.807) is 38.1 Å². The first-order valence-electron chi connectivity index (χ1n) is 5.09. The van der Waals surface area contributed by atoms with Crippen molar-refractivity contribution in [3.63, 3.8) is 0 Å². The largest absolute Gasteiger partial charge is 0.481 e. The first-order chi connectivity index (χ1) is 7.43. The molecular weight excluding hydrogens is 272 g/mol. The summed E-state index contributed by atoms with van der Waals surface area (Å²) in [6, 6.07) is 7.04. The Balaban J connectivity index is 2.94. The SMILES string of the molecule is CC(C)C(C(=O)O)C(O)c1ccc(Br)cc1. The summed E-state index contributed by atoms with van der Waals surface area (Å²) >= 11 is 3.29. The number of benzene rings is 1. The standard InChI is InChI=1S/C12H15BrO3/c1-7(2)10(12(15)16)11(14)8-3-5-9(13)6-4-8/h3-7,10-11,14H,1-2H3,(H,15,16). The zero-order chi connectivity index (χ0) is 12.3. The summed E-state index contributed by atoms with van der Waals surface area (Å²) in [5, 5.41) is 19.1. The van der Waals surface area contributed by atoms with Crippen molar-refractivity contribution in [1.29, 1.82) is 0 Å². The quantitative estimate of drug-likeness (QED) is 0.895. The van der Waals surface area contributed by atoms with Crippen molar-refractivity contribution in [3.05, 3.63) is 34.3 Å². The van der Waals surface area contributed by atoms with Gasteiger partial charge >= 0.3 is 5.97 Å². The molecule has 1 aromatic carbocycles.